The van der Waals surface area contributed by atoms with Gasteiger partial charge in [0.2, 0.25) is 0 Å². The fraction of sp³-hybridized carbons (Fsp3) is 0.300. The number of nitrogens with zero attached hydrogens (tertiary/aromatic N) is 2. The summed E-state index contributed by atoms with van der Waals surface area (Å²) in [7, 11) is 4.19. The van der Waals surface area contributed by atoms with Gasteiger partial charge in [0.05, 0.1) is 0 Å². The smallest absolute Gasteiger partial charge is 0.193 e. The molecule has 2 atom stereocenters. The lowest BCUT2D eigenvalue weighted by Gasteiger charge is -2.31. The topological polar surface area (TPSA) is 75.0 Å². The average molecular weight is 334 g/mol. The fourth-order valence-electron chi connectivity index (χ4n) is 3.74. The van der Waals surface area contributed by atoms with Crippen molar-refractivity contribution in [3.05, 3.63) is 65.1 Å². The molecule has 1 aliphatic carbocycles. The van der Waals surface area contributed by atoms with Gasteiger partial charge < -0.3 is 15.6 Å². The molecule has 2 heterocycles. The summed E-state index contributed by atoms with van der Waals surface area (Å²) in [6.07, 6.45) is 5.17. The normalized spacial score (nSPS) is 20.0. The molecular formula is C20H22N4O. The number of pyridine rings is 1. The summed E-state index contributed by atoms with van der Waals surface area (Å²) in [6.45, 7) is 0. The molecule has 5 nitrogen and oxygen atoms in total. The Morgan fingerprint density at radius 2 is 1.96 bits per heavy atom. The van der Waals surface area contributed by atoms with Gasteiger partial charge in [-0.15, -0.1) is 0 Å². The maximum Gasteiger partial charge on any atom is 0.193 e. The molecule has 5 heteroatoms. The molecule has 128 valence electrons. The van der Waals surface area contributed by atoms with Crippen molar-refractivity contribution in [2.75, 3.05) is 14.1 Å². The third-order valence-corrected chi connectivity index (χ3v) is 5.21. The van der Waals surface area contributed by atoms with E-state index in [0.717, 1.165) is 29.4 Å². The van der Waals surface area contributed by atoms with Gasteiger partial charge in [-0.05, 0) is 62.8 Å². The number of ketones is 1. The minimum atomic E-state index is 0.00268. The Balaban J connectivity index is 1.79. The van der Waals surface area contributed by atoms with Crippen molar-refractivity contribution in [3.63, 3.8) is 0 Å². The SMILES string of the molecule is CN(C)C1Cc2c([nH]c3ccc(C(=O)c4ccncc4)cc23)C(N)C1. The first kappa shape index (κ1) is 16.0. The van der Waals surface area contributed by atoms with Gasteiger partial charge in [-0.1, -0.05) is 0 Å². The van der Waals surface area contributed by atoms with Crippen molar-refractivity contribution in [1.29, 1.82) is 0 Å². The molecule has 0 spiro atoms. The van der Waals surface area contributed by atoms with Crippen molar-refractivity contribution in [3.8, 4) is 0 Å². The number of aromatic nitrogens is 2. The Morgan fingerprint density at radius 3 is 2.68 bits per heavy atom. The molecule has 0 saturated carbocycles. The summed E-state index contributed by atoms with van der Waals surface area (Å²) in [6, 6.07) is 9.78. The molecule has 0 amide bonds. The Hall–Kier alpha value is -2.50. The molecular weight excluding hydrogens is 312 g/mol. The minimum Gasteiger partial charge on any atom is -0.357 e. The largest absolute Gasteiger partial charge is 0.357 e. The second-order valence-electron chi connectivity index (χ2n) is 7.01. The molecule has 0 bridgehead atoms. The second-order valence-corrected chi connectivity index (χ2v) is 7.01. The van der Waals surface area contributed by atoms with E-state index in [1.54, 1.807) is 24.5 Å². The molecule has 0 fully saturated rings. The molecule has 0 radical (unpaired) electrons. The van der Waals surface area contributed by atoms with Crippen molar-refractivity contribution < 1.29 is 4.79 Å². The zero-order chi connectivity index (χ0) is 17.6. The van der Waals surface area contributed by atoms with E-state index in [1.165, 1.54) is 5.56 Å². The lowest BCUT2D eigenvalue weighted by atomic mass is 9.87. The summed E-state index contributed by atoms with van der Waals surface area (Å²) >= 11 is 0. The number of likely N-dealkylation sites (N-methyl/N-ethyl adjacent to an activating group) is 1. The van der Waals surface area contributed by atoms with Crippen LogP contribution in [0.4, 0.5) is 0 Å². The van der Waals surface area contributed by atoms with E-state index in [9.17, 15) is 4.79 Å². The Labute approximate surface area is 146 Å². The Kier molecular flexibility index (Phi) is 3.90. The monoisotopic (exact) mass is 334 g/mol. The van der Waals surface area contributed by atoms with Crippen LogP contribution in [-0.2, 0) is 6.42 Å². The van der Waals surface area contributed by atoms with Crippen LogP contribution in [0.3, 0.4) is 0 Å². The third kappa shape index (κ3) is 2.75. The molecule has 1 aliphatic rings. The van der Waals surface area contributed by atoms with Gasteiger partial charge in [-0.2, -0.15) is 0 Å². The van der Waals surface area contributed by atoms with E-state index in [-0.39, 0.29) is 11.8 Å². The first-order chi connectivity index (χ1) is 12.0. The van der Waals surface area contributed by atoms with Gasteiger partial charge in [0.1, 0.15) is 0 Å². The van der Waals surface area contributed by atoms with Gasteiger partial charge in [-0.3, -0.25) is 9.78 Å². The average Bonchev–Trinajstić information content (AvgIpc) is 3.00. The number of carbonyl (C=O) groups is 1. The molecule has 0 saturated heterocycles. The number of hydrogen-bond acceptors (Lipinski definition) is 4. The Bertz CT molecular complexity index is 930. The maximum absolute atomic E-state index is 12.7. The summed E-state index contributed by atoms with van der Waals surface area (Å²) < 4.78 is 0. The van der Waals surface area contributed by atoms with Crippen LogP contribution in [0.2, 0.25) is 0 Å². The first-order valence-corrected chi connectivity index (χ1v) is 8.56. The third-order valence-electron chi connectivity index (χ3n) is 5.21. The highest BCUT2D eigenvalue weighted by Crippen LogP contribution is 2.35. The lowest BCUT2D eigenvalue weighted by Crippen LogP contribution is -2.37. The highest BCUT2D eigenvalue weighted by molar-refractivity contribution is 6.10. The van der Waals surface area contributed by atoms with Crippen LogP contribution in [0.15, 0.2) is 42.7 Å². The van der Waals surface area contributed by atoms with Crippen LogP contribution in [0.25, 0.3) is 10.9 Å². The number of benzene rings is 1. The number of H-pyrrole nitrogens is 1. The van der Waals surface area contributed by atoms with Gasteiger partial charge in [0, 0.05) is 52.2 Å². The number of nitrogens with one attached hydrogen (secondary N) is 1. The Morgan fingerprint density at radius 1 is 1.20 bits per heavy atom. The molecule has 4 rings (SSSR count). The zero-order valence-electron chi connectivity index (χ0n) is 14.5. The summed E-state index contributed by atoms with van der Waals surface area (Å²) in [4.78, 5) is 22.4. The predicted molar refractivity (Wildman–Crippen MR) is 98.7 cm³/mol. The number of nitrogens with two attached hydrogens (primary N) is 1. The van der Waals surface area contributed by atoms with Crippen LogP contribution in [0.1, 0.15) is 39.6 Å². The second kappa shape index (κ2) is 6.10. The molecule has 3 aromatic rings. The summed E-state index contributed by atoms with van der Waals surface area (Å²) in [5.74, 6) is 0.0171. The van der Waals surface area contributed by atoms with E-state index in [0.29, 0.717) is 17.2 Å². The predicted octanol–water partition coefficient (Wildman–Crippen LogP) is 2.67. The zero-order valence-corrected chi connectivity index (χ0v) is 14.5. The van der Waals surface area contributed by atoms with Crippen molar-refractivity contribution in [2.45, 2.75) is 24.9 Å². The number of carbonyl (C=O) groups excluding carboxylic acids is 1. The minimum absolute atomic E-state index is 0.00268. The highest BCUT2D eigenvalue weighted by atomic mass is 16.1. The van der Waals surface area contributed by atoms with Crippen LogP contribution >= 0.6 is 0 Å². The van der Waals surface area contributed by atoms with Crippen molar-refractivity contribution in [2.24, 2.45) is 5.73 Å². The van der Waals surface area contributed by atoms with E-state index in [2.05, 4.69) is 29.0 Å². The fourth-order valence-corrected chi connectivity index (χ4v) is 3.74. The molecule has 0 aliphatic heterocycles. The molecule has 3 N–H and O–H groups in total. The maximum atomic E-state index is 12.7. The highest BCUT2D eigenvalue weighted by Gasteiger charge is 2.29. The quantitative estimate of drug-likeness (QED) is 0.722. The number of hydrogen-bond donors (Lipinski definition) is 2. The lowest BCUT2D eigenvalue weighted by molar-refractivity contribution is 0.103. The molecule has 25 heavy (non-hydrogen) atoms. The van der Waals surface area contributed by atoms with Crippen LogP contribution in [0.5, 0.6) is 0 Å². The van der Waals surface area contributed by atoms with Gasteiger partial charge in [0.15, 0.2) is 5.78 Å². The van der Waals surface area contributed by atoms with Gasteiger partial charge in [0.25, 0.3) is 0 Å². The van der Waals surface area contributed by atoms with E-state index >= 15 is 0 Å². The van der Waals surface area contributed by atoms with E-state index in [1.807, 2.05) is 18.2 Å². The summed E-state index contributed by atoms with van der Waals surface area (Å²) in [5.41, 5.74) is 11.2. The molecule has 2 unspecified atom stereocenters. The van der Waals surface area contributed by atoms with Crippen LogP contribution in [-0.4, -0.2) is 40.8 Å². The standard InChI is InChI=1S/C20H22N4O/c1-24(2)14-10-16-15-9-13(20(25)12-5-7-22-8-6-12)3-4-18(15)23-19(16)17(21)11-14/h3-9,14,17,23H,10-11,21H2,1-2H3. The van der Waals surface area contributed by atoms with Gasteiger partial charge in [-0.25, -0.2) is 0 Å². The summed E-state index contributed by atoms with van der Waals surface area (Å²) in [5, 5.41) is 1.11. The molecule has 2 aromatic heterocycles. The van der Waals surface area contributed by atoms with Gasteiger partial charge >= 0.3 is 0 Å². The van der Waals surface area contributed by atoms with Crippen molar-refractivity contribution >= 4 is 16.7 Å². The number of rotatable bonds is 3. The van der Waals surface area contributed by atoms with E-state index in [4.69, 9.17) is 5.73 Å². The van der Waals surface area contributed by atoms with Crippen molar-refractivity contribution in [1.82, 2.24) is 14.9 Å². The number of aromatic amines is 1. The van der Waals surface area contributed by atoms with Crippen LogP contribution in [0, 0.1) is 0 Å². The van der Waals surface area contributed by atoms with Crippen LogP contribution < -0.4 is 5.73 Å². The first-order valence-electron chi connectivity index (χ1n) is 8.56. The number of fused-ring (bicyclic) bond motifs is 3. The molecule has 1 aromatic carbocycles. The van der Waals surface area contributed by atoms with E-state index < -0.39 is 0 Å².